The van der Waals surface area contributed by atoms with Gasteiger partial charge in [-0.05, 0) is 31.2 Å². The molecule has 8 nitrogen and oxygen atoms in total. The molecule has 1 N–H and O–H groups in total. The average Bonchev–Trinajstić information content (AvgIpc) is 2.87. The van der Waals surface area contributed by atoms with Gasteiger partial charge in [-0.15, -0.1) is 0 Å². The van der Waals surface area contributed by atoms with Gasteiger partial charge in [-0.25, -0.2) is 4.98 Å². The molecule has 0 spiro atoms. The second-order valence-corrected chi connectivity index (χ2v) is 7.97. The van der Waals surface area contributed by atoms with Crippen molar-refractivity contribution in [2.24, 2.45) is 5.92 Å². The van der Waals surface area contributed by atoms with E-state index in [1.165, 1.54) is 19.4 Å². The largest absolute Gasteiger partial charge is 0.503 e. The quantitative estimate of drug-likeness (QED) is 0.300. The Bertz CT molecular complexity index is 1110. The first-order chi connectivity index (χ1) is 16.9. The molecule has 1 aromatic heterocycles. The highest BCUT2D eigenvalue weighted by Gasteiger charge is 2.28. The normalized spacial score (nSPS) is 13.2. The van der Waals surface area contributed by atoms with Gasteiger partial charge in [0.05, 0.1) is 13.0 Å². The molecule has 0 fully saturated rings. The van der Waals surface area contributed by atoms with E-state index in [1.807, 2.05) is 48.5 Å². The Kier molecular flexibility index (Phi) is 9.06. The Morgan fingerprint density at radius 3 is 2.20 bits per heavy atom. The first-order valence-corrected chi connectivity index (χ1v) is 11.2. The maximum atomic E-state index is 12.8. The van der Waals surface area contributed by atoms with E-state index in [0.717, 1.165) is 0 Å². The van der Waals surface area contributed by atoms with Crippen LogP contribution in [0.1, 0.15) is 30.8 Å². The van der Waals surface area contributed by atoms with Crippen LogP contribution in [0.2, 0.25) is 0 Å². The van der Waals surface area contributed by atoms with Gasteiger partial charge in [0.25, 0.3) is 0 Å². The number of hydrogen-bond acceptors (Lipinski definition) is 8. The monoisotopic (exact) mass is 479 g/mol. The van der Waals surface area contributed by atoms with E-state index in [9.17, 15) is 14.7 Å². The predicted octanol–water partition coefficient (Wildman–Crippen LogP) is 4.46. The van der Waals surface area contributed by atoms with Gasteiger partial charge in [0, 0.05) is 18.7 Å². The van der Waals surface area contributed by atoms with Crippen molar-refractivity contribution in [3.63, 3.8) is 0 Å². The van der Waals surface area contributed by atoms with E-state index in [-0.39, 0.29) is 30.2 Å². The van der Waals surface area contributed by atoms with E-state index in [0.29, 0.717) is 11.5 Å². The molecule has 3 atom stereocenters. The molecule has 0 saturated heterocycles. The topological polar surface area (TPSA) is 104 Å². The van der Waals surface area contributed by atoms with Crippen molar-refractivity contribution in [1.29, 1.82) is 0 Å². The van der Waals surface area contributed by atoms with Crippen LogP contribution in [0.15, 0.2) is 72.9 Å². The fourth-order valence-electron chi connectivity index (χ4n) is 3.27. The molecule has 184 valence electrons. The van der Waals surface area contributed by atoms with Crippen molar-refractivity contribution in [2.45, 2.75) is 32.5 Å². The summed E-state index contributed by atoms with van der Waals surface area (Å²) in [4.78, 5) is 29.3. The zero-order valence-electron chi connectivity index (χ0n) is 19.9. The lowest BCUT2D eigenvalue weighted by Gasteiger charge is -2.26. The minimum absolute atomic E-state index is 0.131. The molecule has 0 bridgehead atoms. The molecule has 0 aliphatic heterocycles. The van der Waals surface area contributed by atoms with Crippen LogP contribution in [0, 0.1) is 5.92 Å². The lowest BCUT2D eigenvalue weighted by Crippen LogP contribution is -2.39. The van der Waals surface area contributed by atoms with Crippen molar-refractivity contribution in [1.82, 2.24) is 4.98 Å². The molecule has 3 rings (SSSR count). The summed E-state index contributed by atoms with van der Waals surface area (Å²) in [5, 5.41) is 10.2. The van der Waals surface area contributed by atoms with Gasteiger partial charge in [-0.2, -0.15) is 0 Å². The summed E-state index contributed by atoms with van der Waals surface area (Å²) in [5.74, 6) is -0.797. The second-order valence-electron chi connectivity index (χ2n) is 7.97. The summed E-state index contributed by atoms with van der Waals surface area (Å²) in [5.41, 5.74) is -0.154. The minimum atomic E-state index is -0.773. The number of ketones is 1. The van der Waals surface area contributed by atoms with Crippen molar-refractivity contribution in [2.75, 3.05) is 13.7 Å². The third-order valence-electron chi connectivity index (χ3n) is 5.28. The summed E-state index contributed by atoms with van der Waals surface area (Å²) in [6.45, 7) is 3.43. The Balaban J connectivity index is 1.64. The van der Waals surface area contributed by atoms with Crippen LogP contribution in [-0.2, 0) is 9.53 Å². The maximum absolute atomic E-state index is 12.8. The fraction of sp³-hybridized carbons (Fsp3) is 0.296. The number of aromatic nitrogens is 1. The lowest BCUT2D eigenvalue weighted by molar-refractivity contribution is -0.157. The molecule has 35 heavy (non-hydrogen) atoms. The number of nitrogens with zero attached hydrogens (tertiary/aromatic N) is 1. The zero-order chi connectivity index (χ0) is 25.2. The Morgan fingerprint density at radius 2 is 1.57 bits per heavy atom. The van der Waals surface area contributed by atoms with Gasteiger partial charge in [0.1, 0.15) is 24.2 Å². The van der Waals surface area contributed by atoms with Gasteiger partial charge < -0.3 is 24.1 Å². The molecule has 2 aromatic carbocycles. The number of esters is 1. The summed E-state index contributed by atoms with van der Waals surface area (Å²) >= 11 is 0. The standard InChI is InChI=1S/C27H29NO7/c1-18(16-22(29)25-26(30)23(32-3)14-15-28-25)27(31)34-19(2)24(35-21-12-8-5-9-13-21)17-33-20-10-6-4-7-11-20/h4-15,18-19,24,30H,16-17H2,1-3H3/t18-,19+,24-/m1/s1. The number of rotatable bonds is 12. The van der Waals surface area contributed by atoms with E-state index < -0.39 is 29.9 Å². The lowest BCUT2D eigenvalue weighted by atomic mass is 10.0. The molecule has 3 aromatic rings. The van der Waals surface area contributed by atoms with Crippen LogP contribution in [0.4, 0.5) is 0 Å². The molecule has 0 saturated carbocycles. The first kappa shape index (κ1) is 25.6. The summed E-state index contributed by atoms with van der Waals surface area (Å²) < 4.78 is 22.5. The van der Waals surface area contributed by atoms with Gasteiger partial charge >= 0.3 is 5.97 Å². The van der Waals surface area contributed by atoms with Crippen LogP contribution in [0.5, 0.6) is 23.0 Å². The molecule has 0 radical (unpaired) electrons. The summed E-state index contributed by atoms with van der Waals surface area (Å²) in [6, 6.07) is 19.9. The number of Topliss-reactive ketones (excluding diaryl/α,β-unsaturated/α-hetero) is 1. The number of ether oxygens (including phenoxy) is 4. The number of hydrogen-bond donors (Lipinski definition) is 1. The molecule has 0 aliphatic carbocycles. The molecular formula is C27H29NO7. The van der Waals surface area contributed by atoms with Crippen molar-refractivity contribution in [3.8, 4) is 23.0 Å². The third kappa shape index (κ3) is 7.20. The van der Waals surface area contributed by atoms with E-state index in [1.54, 1.807) is 26.0 Å². The second kappa shape index (κ2) is 12.4. The minimum Gasteiger partial charge on any atom is -0.503 e. The summed E-state index contributed by atoms with van der Waals surface area (Å²) in [6.07, 6.45) is -0.111. The molecule has 0 amide bonds. The zero-order valence-corrected chi connectivity index (χ0v) is 19.9. The third-order valence-corrected chi connectivity index (χ3v) is 5.28. The smallest absolute Gasteiger partial charge is 0.309 e. The van der Waals surface area contributed by atoms with Crippen LogP contribution >= 0.6 is 0 Å². The number of pyridine rings is 1. The average molecular weight is 480 g/mol. The van der Waals surface area contributed by atoms with Crippen molar-refractivity contribution in [3.05, 3.63) is 78.6 Å². The molecule has 0 unspecified atom stereocenters. The molecule has 8 heteroatoms. The molecular weight excluding hydrogens is 450 g/mol. The van der Waals surface area contributed by atoms with Crippen LogP contribution < -0.4 is 14.2 Å². The van der Waals surface area contributed by atoms with Crippen LogP contribution in [0.3, 0.4) is 0 Å². The Hall–Kier alpha value is -4.07. The number of methoxy groups -OCH3 is 1. The number of carbonyl (C=O) groups excluding carboxylic acids is 2. The first-order valence-electron chi connectivity index (χ1n) is 11.2. The highest BCUT2D eigenvalue weighted by Crippen LogP contribution is 2.29. The highest BCUT2D eigenvalue weighted by molar-refractivity contribution is 5.99. The van der Waals surface area contributed by atoms with Crippen LogP contribution in [-0.4, -0.2) is 47.8 Å². The SMILES string of the molecule is COc1ccnc(C(=O)C[C@@H](C)C(=O)O[C@@H](C)[C@@H](COc2ccccc2)Oc2ccccc2)c1O. The molecule has 1 heterocycles. The van der Waals surface area contributed by atoms with E-state index in [4.69, 9.17) is 18.9 Å². The van der Waals surface area contributed by atoms with Crippen molar-refractivity contribution < 1.29 is 33.6 Å². The van der Waals surface area contributed by atoms with Gasteiger partial charge in [-0.3, -0.25) is 9.59 Å². The summed E-state index contributed by atoms with van der Waals surface area (Å²) in [7, 11) is 1.38. The van der Waals surface area contributed by atoms with Gasteiger partial charge in [0.2, 0.25) is 0 Å². The van der Waals surface area contributed by atoms with Gasteiger partial charge in [-0.1, -0.05) is 43.3 Å². The van der Waals surface area contributed by atoms with Crippen molar-refractivity contribution >= 4 is 11.8 Å². The molecule has 0 aliphatic rings. The Labute approximate surface area is 204 Å². The Morgan fingerprint density at radius 1 is 0.943 bits per heavy atom. The van der Waals surface area contributed by atoms with E-state index in [2.05, 4.69) is 4.98 Å². The number of aromatic hydroxyl groups is 1. The van der Waals surface area contributed by atoms with Crippen LogP contribution in [0.25, 0.3) is 0 Å². The van der Waals surface area contributed by atoms with Gasteiger partial charge in [0.15, 0.2) is 29.1 Å². The maximum Gasteiger partial charge on any atom is 0.309 e. The highest BCUT2D eigenvalue weighted by atomic mass is 16.6. The fourth-order valence-corrected chi connectivity index (χ4v) is 3.27. The number of benzene rings is 2. The van der Waals surface area contributed by atoms with E-state index >= 15 is 0 Å². The number of carbonyl (C=O) groups is 2. The number of para-hydroxylation sites is 2. The predicted molar refractivity (Wildman–Crippen MR) is 129 cm³/mol.